The molecule has 1 aromatic rings. The van der Waals surface area contributed by atoms with Crippen molar-refractivity contribution in [3.63, 3.8) is 0 Å². The van der Waals surface area contributed by atoms with Gasteiger partial charge in [0.2, 0.25) is 0 Å². The highest BCUT2D eigenvalue weighted by atomic mass is 16.5. The number of benzene rings is 1. The van der Waals surface area contributed by atoms with Gasteiger partial charge >= 0.3 is 0 Å². The molecule has 0 radical (unpaired) electrons. The van der Waals surface area contributed by atoms with E-state index in [9.17, 15) is 0 Å². The largest absolute Gasteiger partial charge is 0.497 e. The number of hydrogen-bond acceptors (Lipinski definition) is 4. The monoisotopic (exact) mass is 264 g/mol. The summed E-state index contributed by atoms with van der Waals surface area (Å²) in [5, 5.41) is 3.56. The summed E-state index contributed by atoms with van der Waals surface area (Å²) in [6, 6.07) is 8.62. The highest BCUT2D eigenvalue weighted by Crippen LogP contribution is 2.16. The SMILES string of the molecule is COc1ccc([C@H](C)NCCN2CCOCC2)cc1. The molecular weight excluding hydrogens is 240 g/mol. The van der Waals surface area contributed by atoms with Crippen LogP contribution < -0.4 is 10.1 Å². The first-order valence-corrected chi connectivity index (χ1v) is 6.97. The molecule has 0 spiro atoms. The minimum Gasteiger partial charge on any atom is -0.497 e. The Morgan fingerprint density at radius 1 is 1.26 bits per heavy atom. The van der Waals surface area contributed by atoms with Crippen molar-refractivity contribution in [1.82, 2.24) is 10.2 Å². The van der Waals surface area contributed by atoms with Crippen molar-refractivity contribution in [1.29, 1.82) is 0 Å². The molecule has 0 saturated carbocycles. The number of nitrogens with one attached hydrogen (secondary N) is 1. The summed E-state index contributed by atoms with van der Waals surface area (Å²) in [5.41, 5.74) is 1.29. The summed E-state index contributed by atoms with van der Waals surface area (Å²) in [5.74, 6) is 0.907. The summed E-state index contributed by atoms with van der Waals surface area (Å²) < 4.78 is 10.5. The number of ether oxygens (including phenoxy) is 2. The van der Waals surface area contributed by atoms with E-state index >= 15 is 0 Å². The average molecular weight is 264 g/mol. The Bertz CT molecular complexity index is 361. The van der Waals surface area contributed by atoms with Gasteiger partial charge in [-0.2, -0.15) is 0 Å². The van der Waals surface area contributed by atoms with Gasteiger partial charge in [-0.05, 0) is 24.6 Å². The molecule has 0 unspecified atom stereocenters. The number of methoxy groups -OCH3 is 1. The smallest absolute Gasteiger partial charge is 0.118 e. The number of nitrogens with zero attached hydrogens (tertiary/aromatic N) is 1. The fourth-order valence-electron chi connectivity index (χ4n) is 2.27. The van der Waals surface area contributed by atoms with E-state index in [1.807, 2.05) is 12.1 Å². The van der Waals surface area contributed by atoms with Crippen LogP contribution in [0.1, 0.15) is 18.5 Å². The third-order valence-electron chi connectivity index (χ3n) is 3.60. The van der Waals surface area contributed by atoms with E-state index in [1.165, 1.54) is 5.56 Å². The van der Waals surface area contributed by atoms with Gasteiger partial charge in [-0.15, -0.1) is 0 Å². The van der Waals surface area contributed by atoms with Crippen molar-refractivity contribution in [3.05, 3.63) is 29.8 Å². The van der Waals surface area contributed by atoms with E-state index in [1.54, 1.807) is 7.11 Å². The maximum atomic E-state index is 5.34. The molecule has 0 amide bonds. The predicted molar refractivity (Wildman–Crippen MR) is 76.7 cm³/mol. The van der Waals surface area contributed by atoms with Crippen LogP contribution in [0, 0.1) is 0 Å². The highest BCUT2D eigenvalue weighted by Gasteiger charge is 2.10. The molecule has 1 fully saturated rings. The summed E-state index contributed by atoms with van der Waals surface area (Å²) in [7, 11) is 1.69. The second kappa shape index (κ2) is 7.48. The van der Waals surface area contributed by atoms with E-state index < -0.39 is 0 Å². The molecule has 1 aromatic carbocycles. The third kappa shape index (κ3) is 4.49. The Morgan fingerprint density at radius 2 is 1.95 bits per heavy atom. The van der Waals surface area contributed by atoms with E-state index in [2.05, 4.69) is 29.3 Å². The minimum absolute atomic E-state index is 0.368. The molecule has 1 heterocycles. The summed E-state index contributed by atoms with van der Waals surface area (Å²) >= 11 is 0. The lowest BCUT2D eigenvalue weighted by atomic mass is 10.1. The zero-order valence-corrected chi connectivity index (χ0v) is 11.9. The Labute approximate surface area is 115 Å². The molecule has 19 heavy (non-hydrogen) atoms. The Kier molecular flexibility index (Phi) is 5.63. The fraction of sp³-hybridized carbons (Fsp3) is 0.600. The molecule has 1 aliphatic heterocycles. The van der Waals surface area contributed by atoms with Crippen LogP contribution in [0.5, 0.6) is 5.75 Å². The molecule has 0 aromatic heterocycles. The zero-order valence-electron chi connectivity index (χ0n) is 11.9. The van der Waals surface area contributed by atoms with Crippen LogP contribution in [0.3, 0.4) is 0 Å². The van der Waals surface area contributed by atoms with Crippen molar-refractivity contribution in [3.8, 4) is 5.75 Å². The van der Waals surface area contributed by atoms with Crippen LogP contribution in [0.2, 0.25) is 0 Å². The van der Waals surface area contributed by atoms with Crippen LogP contribution >= 0.6 is 0 Å². The molecule has 1 N–H and O–H groups in total. The first kappa shape index (κ1) is 14.3. The molecule has 1 saturated heterocycles. The van der Waals surface area contributed by atoms with Crippen LogP contribution in [0.15, 0.2) is 24.3 Å². The molecule has 1 atom stereocenters. The van der Waals surface area contributed by atoms with E-state index in [-0.39, 0.29) is 0 Å². The van der Waals surface area contributed by atoms with Gasteiger partial charge in [0.25, 0.3) is 0 Å². The number of hydrogen-bond donors (Lipinski definition) is 1. The second-order valence-electron chi connectivity index (χ2n) is 4.90. The normalized spacial score (nSPS) is 18.2. The molecule has 0 bridgehead atoms. The lowest BCUT2D eigenvalue weighted by Gasteiger charge is -2.27. The van der Waals surface area contributed by atoms with Crippen molar-refractivity contribution < 1.29 is 9.47 Å². The van der Waals surface area contributed by atoms with Gasteiger partial charge in [-0.3, -0.25) is 4.90 Å². The van der Waals surface area contributed by atoms with Gasteiger partial charge in [0.1, 0.15) is 5.75 Å². The quantitative estimate of drug-likeness (QED) is 0.847. The molecule has 4 heteroatoms. The topological polar surface area (TPSA) is 33.7 Å². The van der Waals surface area contributed by atoms with Gasteiger partial charge in [0.15, 0.2) is 0 Å². The maximum absolute atomic E-state index is 5.34. The molecule has 2 rings (SSSR count). The van der Waals surface area contributed by atoms with Crippen molar-refractivity contribution in [2.24, 2.45) is 0 Å². The van der Waals surface area contributed by atoms with Crippen molar-refractivity contribution in [2.45, 2.75) is 13.0 Å². The van der Waals surface area contributed by atoms with Crippen molar-refractivity contribution >= 4 is 0 Å². The highest BCUT2D eigenvalue weighted by molar-refractivity contribution is 5.28. The Hall–Kier alpha value is -1.10. The summed E-state index contributed by atoms with van der Waals surface area (Å²) in [6.07, 6.45) is 0. The Morgan fingerprint density at radius 3 is 2.58 bits per heavy atom. The number of morpholine rings is 1. The molecule has 1 aliphatic rings. The first-order chi connectivity index (χ1) is 9.29. The lowest BCUT2D eigenvalue weighted by molar-refractivity contribution is 0.0382. The van der Waals surface area contributed by atoms with Crippen LogP contribution in [0.25, 0.3) is 0 Å². The zero-order chi connectivity index (χ0) is 13.5. The molecule has 0 aliphatic carbocycles. The lowest BCUT2D eigenvalue weighted by Crippen LogP contribution is -2.40. The van der Waals surface area contributed by atoms with Gasteiger partial charge < -0.3 is 14.8 Å². The summed E-state index contributed by atoms with van der Waals surface area (Å²) in [6.45, 7) is 8.14. The molecule has 4 nitrogen and oxygen atoms in total. The van der Waals surface area contributed by atoms with E-state index in [4.69, 9.17) is 9.47 Å². The van der Waals surface area contributed by atoms with Crippen LogP contribution in [0.4, 0.5) is 0 Å². The Balaban J connectivity index is 1.72. The van der Waals surface area contributed by atoms with Gasteiger partial charge in [-0.25, -0.2) is 0 Å². The molecular formula is C15H24N2O2. The standard InChI is InChI=1S/C15H24N2O2/c1-13(14-3-5-15(18-2)6-4-14)16-7-8-17-9-11-19-12-10-17/h3-6,13,16H,7-12H2,1-2H3/t13-/m0/s1. The van der Waals surface area contributed by atoms with E-state index in [0.29, 0.717) is 6.04 Å². The third-order valence-corrected chi connectivity index (χ3v) is 3.60. The fourth-order valence-corrected chi connectivity index (χ4v) is 2.27. The van der Waals surface area contributed by atoms with E-state index in [0.717, 1.165) is 45.1 Å². The minimum atomic E-state index is 0.368. The van der Waals surface area contributed by atoms with Crippen molar-refractivity contribution in [2.75, 3.05) is 46.5 Å². The maximum Gasteiger partial charge on any atom is 0.118 e. The first-order valence-electron chi connectivity index (χ1n) is 6.97. The molecule has 106 valence electrons. The number of rotatable bonds is 6. The predicted octanol–water partition coefficient (Wildman–Crippen LogP) is 1.68. The second-order valence-corrected chi connectivity index (χ2v) is 4.90. The van der Waals surface area contributed by atoms with Gasteiger partial charge in [0, 0.05) is 32.2 Å². The summed E-state index contributed by atoms with van der Waals surface area (Å²) in [4.78, 5) is 2.44. The van der Waals surface area contributed by atoms with Gasteiger partial charge in [0.05, 0.1) is 20.3 Å². The average Bonchev–Trinajstić information content (AvgIpc) is 2.48. The van der Waals surface area contributed by atoms with Gasteiger partial charge in [-0.1, -0.05) is 12.1 Å². The van der Waals surface area contributed by atoms with Crippen LogP contribution in [-0.2, 0) is 4.74 Å². The van der Waals surface area contributed by atoms with Crippen LogP contribution in [-0.4, -0.2) is 51.4 Å².